The molecule has 3 aromatic rings. The normalized spacial score (nSPS) is 10.5. The number of amides is 1. The smallest absolute Gasteiger partial charge is 0.274 e. The maximum atomic E-state index is 12.6. The molecule has 0 unspecified atom stereocenters. The molecule has 2 N–H and O–H groups in total. The molecule has 27 heavy (non-hydrogen) atoms. The van der Waals surface area contributed by atoms with Gasteiger partial charge < -0.3 is 10.6 Å². The molecule has 0 atom stereocenters. The highest BCUT2D eigenvalue weighted by Crippen LogP contribution is 2.16. The molecule has 138 valence electrons. The third-order valence-corrected chi connectivity index (χ3v) is 4.40. The summed E-state index contributed by atoms with van der Waals surface area (Å²) in [5.74, 6) is 0.975. The minimum absolute atomic E-state index is 0.241. The molecule has 0 aliphatic heterocycles. The van der Waals surface area contributed by atoms with Gasteiger partial charge in [0.05, 0.1) is 0 Å². The minimum atomic E-state index is -0.241. The molecule has 1 amide bonds. The highest BCUT2D eigenvalue weighted by molar-refractivity contribution is 6.03. The van der Waals surface area contributed by atoms with Crippen LogP contribution in [0.1, 0.15) is 33.0 Å². The molecule has 3 rings (SSSR count). The van der Waals surface area contributed by atoms with Crippen molar-refractivity contribution < 1.29 is 4.79 Å². The van der Waals surface area contributed by atoms with E-state index in [0.29, 0.717) is 17.3 Å². The number of nitrogens with one attached hydrogen (secondary N) is 2. The summed E-state index contributed by atoms with van der Waals surface area (Å²) in [6, 6.07) is 17.8. The van der Waals surface area contributed by atoms with Crippen LogP contribution in [0.3, 0.4) is 0 Å². The SMILES string of the molecule is Cc1nc(NCCc2ccccc2)cc(C(=O)Nc2ccc(C)c(C)c2)n1. The Morgan fingerprint density at radius 2 is 1.70 bits per heavy atom. The Kier molecular flexibility index (Phi) is 5.81. The number of benzene rings is 2. The number of anilines is 2. The van der Waals surface area contributed by atoms with Crippen LogP contribution in [0.5, 0.6) is 0 Å². The van der Waals surface area contributed by atoms with E-state index in [1.165, 1.54) is 11.1 Å². The van der Waals surface area contributed by atoms with Crippen LogP contribution in [0.2, 0.25) is 0 Å². The summed E-state index contributed by atoms with van der Waals surface area (Å²) < 4.78 is 0. The van der Waals surface area contributed by atoms with Gasteiger partial charge >= 0.3 is 0 Å². The van der Waals surface area contributed by atoms with Crippen molar-refractivity contribution in [3.05, 3.63) is 82.8 Å². The number of aryl methyl sites for hydroxylation is 3. The van der Waals surface area contributed by atoms with Gasteiger partial charge in [0.1, 0.15) is 17.3 Å². The van der Waals surface area contributed by atoms with E-state index < -0.39 is 0 Å². The quantitative estimate of drug-likeness (QED) is 0.687. The van der Waals surface area contributed by atoms with Crippen molar-refractivity contribution >= 4 is 17.4 Å². The molecule has 0 saturated carbocycles. The monoisotopic (exact) mass is 360 g/mol. The second-order valence-electron chi connectivity index (χ2n) is 6.60. The topological polar surface area (TPSA) is 66.9 Å². The summed E-state index contributed by atoms with van der Waals surface area (Å²) in [5, 5.41) is 6.18. The van der Waals surface area contributed by atoms with Crippen molar-refractivity contribution in [3.8, 4) is 0 Å². The van der Waals surface area contributed by atoms with Crippen LogP contribution in [-0.4, -0.2) is 22.4 Å². The van der Waals surface area contributed by atoms with E-state index >= 15 is 0 Å². The lowest BCUT2D eigenvalue weighted by Crippen LogP contribution is -2.16. The van der Waals surface area contributed by atoms with E-state index in [1.807, 2.05) is 50.2 Å². The molecular weight excluding hydrogens is 336 g/mol. The van der Waals surface area contributed by atoms with Crippen LogP contribution in [0.15, 0.2) is 54.6 Å². The highest BCUT2D eigenvalue weighted by atomic mass is 16.1. The molecule has 0 spiro atoms. The lowest BCUT2D eigenvalue weighted by molar-refractivity contribution is 0.102. The Morgan fingerprint density at radius 1 is 0.926 bits per heavy atom. The zero-order valence-corrected chi connectivity index (χ0v) is 15.9. The largest absolute Gasteiger partial charge is 0.370 e. The lowest BCUT2D eigenvalue weighted by atomic mass is 10.1. The van der Waals surface area contributed by atoms with Crippen molar-refractivity contribution in [2.45, 2.75) is 27.2 Å². The molecule has 2 aromatic carbocycles. The van der Waals surface area contributed by atoms with E-state index in [4.69, 9.17) is 0 Å². The van der Waals surface area contributed by atoms with Gasteiger partial charge in [0, 0.05) is 18.3 Å². The van der Waals surface area contributed by atoms with Crippen LogP contribution in [0.4, 0.5) is 11.5 Å². The zero-order valence-electron chi connectivity index (χ0n) is 15.9. The molecule has 1 aromatic heterocycles. The molecule has 0 aliphatic rings. The average molecular weight is 360 g/mol. The van der Waals surface area contributed by atoms with Gasteiger partial charge in [0.25, 0.3) is 5.91 Å². The van der Waals surface area contributed by atoms with Gasteiger partial charge in [-0.15, -0.1) is 0 Å². The van der Waals surface area contributed by atoms with Crippen molar-refractivity contribution in [3.63, 3.8) is 0 Å². The van der Waals surface area contributed by atoms with E-state index in [2.05, 4.69) is 32.7 Å². The average Bonchev–Trinajstić information content (AvgIpc) is 2.65. The van der Waals surface area contributed by atoms with E-state index in [0.717, 1.165) is 24.2 Å². The van der Waals surface area contributed by atoms with Crippen LogP contribution in [0, 0.1) is 20.8 Å². The zero-order chi connectivity index (χ0) is 19.2. The fraction of sp³-hybridized carbons (Fsp3) is 0.227. The van der Waals surface area contributed by atoms with Gasteiger partial charge in [-0.3, -0.25) is 4.79 Å². The van der Waals surface area contributed by atoms with Gasteiger partial charge in [0.15, 0.2) is 0 Å². The Labute approximate surface area is 159 Å². The predicted molar refractivity (Wildman–Crippen MR) is 109 cm³/mol. The number of hydrogen-bond donors (Lipinski definition) is 2. The standard InChI is InChI=1S/C22H24N4O/c1-15-9-10-19(13-16(15)2)26-22(27)20-14-21(25-17(3)24-20)23-12-11-18-7-5-4-6-8-18/h4-10,13-14H,11-12H2,1-3H3,(H,26,27)(H,23,24,25). The van der Waals surface area contributed by atoms with Crippen molar-refractivity contribution in [1.29, 1.82) is 0 Å². The van der Waals surface area contributed by atoms with E-state index in [1.54, 1.807) is 13.0 Å². The third-order valence-electron chi connectivity index (χ3n) is 4.40. The summed E-state index contributed by atoms with van der Waals surface area (Å²) >= 11 is 0. The van der Waals surface area contributed by atoms with Crippen LogP contribution in [-0.2, 0) is 6.42 Å². The van der Waals surface area contributed by atoms with Crippen molar-refractivity contribution in [2.75, 3.05) is 17.2 Å². The molecule has 0 saturated heterocycles. The third kappa shape index (κ3) is 5.14. The first-order valence-corrected chi connectivity index (χ1v) is 9.03. The lowest BCUT2D eigenvalue weighted by Gasteiger charge is -2.10. The fourth-order valence-electron chi connectivity index (χ4n) is 2.77. The van der Waals surface area contributed by atoms with Gasteiger partial charge in [-0.2, -0.15) is 0 Å². The Morgan fingerprint density at radius 3 is 2.44 bits per heavy atom. The second-order valence-corrected chi connectivity index (χ2v) is 6.60. The molecule has 5 heteroatoms. The van der Waals surface area contributed by atoms with Crippen molar-refractivity contribution in [1.82, 2.24) is 9.97 Å². The van der Waals surface area contributed by atoms with Crippen LogP contribution >= 0.6 is 0 Å². The van der Waals surface area contributed by atoms with Gasteiger partial charge in [-0.1, -0.05) is 36.4 Å². The fourth-order valence-corrected chi connectivity index (χ4v) is 2.77. The first-order valence-electron chi connectivity index (χ1n) is 9.03. The number of hydrogen-bond acceptors (Lipinski definition) is 4. The summed E-state index contributed by atoms with van der Waals surface area (Å²) in [6.07, 6.45) is 0.883. The summed E-state index contributed by atoms with van der Waals surface area (Å²) in [4.78, 5) is 21.2. The number of carbonyl (C=O) groups excluding carboxylic acids is 1. The van der Waals surface area contributed by atoms with Gasteiger partial charge in [-0.25, -0.2) is 9.97 Å². The predicted octanol–water partition coefficient (Wildman–Crippen LogP) is 4.31. The molecule has 0 radical (unpaired) electrons. The maximum absolute atomic E-state index is 12.6. The van der Waals surface area contributed by atoms with Crippen molar-refractivity contribution in [2.24, 2.45) is 0 Å². The van der Waals surface area contributed by atoms with E-state index in [-0.39, 0.29) is 5.91 Å². The van der Waals surface area contributed by atoms with Gasteiger partial charge in [-0.05, 0) is 56.0 Å². The maximum Gasteiger partial charge on any atom is 0.274 e. The minimum Gasteiger partial charge on any atom is -0.370 e. The first-order chi connectivity index (χ1) is 13.0. The number of aromatic nitrogens is 2. The summed E-state index contributed by atoms with van der Waals surface area (Å²) in [5.41, 5.74) is 4.69. The first kappa shape index (κ1) is 18.6. The van der Waals surface area contributed by atoms with E-state index in [9.17, 15) is 4.79 Å². The molecule has 0 fully saturated rings. The van der Waals surface area contributed by atoms with Crippen LogP contribution < -0.4 is 10.6 Å². The highest BCUT2D eigenvalue weighted by Gasteiger charge is 2.11. The second kappa shape index (κ2) is 8.45. The van der Waals surface area contributed by atoms with Crippen LogP contribution in [0.25, 0.3) is 0 Å². The Hall–Kier alpha value is -3.21. The molecule has 5 nitrogen and oxygen atoms in total. The number of rotatable bonds is 6. The Bertz CT molecular complexity index is 938. The molecule has 0 aliphatic carbocycles. The van der Waals surface area contributed by atoms with Gasteiger partial charge in [0.2, 0.25) is 0 Å². The molecular formula is C22H24N4O. The summed E-state index contributed by atoms with van der Waals surface area (Å²) in [6.45, 7) is 6.59. The molecule has 1 heterocycles. The summed E-state index contributed by atoms with van der Waals surface area (Å²) in [7, 11) is 0. The Balaban J connectivity index is 1.66. The number of carbonyl (C=O) groups is 1. The molecule has 0 bridgehead atoms. The number of nitrogens with zero attached hydrogens (tertiary/aromatic N) is 2.